The molecule has 5 heteroatoms. The summed E-state index contributed by atoms with van der Waals surface area (Å²) in [6, 6.07) is 8.84. The molecule has 0 aromatic heterocycles. The van der Waals surface area contributed by atoms with Crippen molar-refractivity contribution in [2.45, 2.75) is 0 Å². The SMILES string of the molecule is CN(N)/C=C(\N)COc1ccc(C#N)cc1. The highest BCUT2D eigenvalue weighted by atomic mass is 16.5. The molecule has 1 aromatic carbocycles. The van der Waals surface area contributed by atoms with E-state index in [0.717, 1.165) is 0 Å². The molecule has 1 aromatic rings. The van der Waals surface area contributed by atoms with Gasteiger partial charge in [-0.2, -0.15) is 5.26 Å². The Morgan fingerprint density at radius 3 is 2.62 bits per heavy atom. The minimum absolute atomic E-state index is 0.257. The molecule has 0 aliphatic heterocycles. The summed E-state index contributed by atoms with van der Waals surface area (Å²) in [5.74, 6) is 6.05. The maximum atomic E-state index is 8.61. The van der Waals surface area contributed by atoms with Gasteiger partial charge in [0.15, 0.2) is 0 Å². The zero-order valence-corrected chi connectivity index (χ0v) is 9.05. The molecular weight excluding hydrogens is 204 g/mol. The molecule has 0 spiro atoms. The van der Waals surface area contributed by atoms with Gasteiger partial charge in [0, 0.05) is 13.2 Å². The molecule has 0 saturated carbocycles. The van der Waals surface area contributed by atoms with Crippen LogP contribution in [0.1, 0.15) is 5.56 Å². The summed E-state index contributed by atoms with van der Waals surface area (Å²) in [6.07, 6.45) is 1.57. The maximum Gasteiger partial charge on any atom is 0.129 e. The number of hydrogen-bond donors (Lipinski definition) is 2. The lowest BCUT2D eigenvalue weighted by Crippen LogP contribution is -2.22. The van der Waals surface area contributed by atoms with E-state index in [1.54, 1.807) is 37.5 Å². The average molecular weight is 218 g/mol. The summed E-state index contributed by atoms with van der Waals surface area (Å²) >= 11 is 0. The average Bonchev–Trinajstić information content (AvgIpc) is 2.26. The van der Waals surface area contributed by atoms with Crippen LogP contribution in [0.2, 0.25) is 0 Å². The van der Waals surface area contributed by atoms with Crippen molar-refractivity contribution in [2.24, 2.45) is 11.6 Å². The van der Waals surface area contributed by atoms with Gasteiger partial charge in [0.2, 0.25) is 0 Å². The molecule has 5 nitrogen and oxygen atoms in total. The molecule has 0 aliphatic rings. The Hall–Kier alpha value is -2.19. The fourth-order valence-corrected chi connectivity index (χ4v) is 1.09. The predicted molar refractivity (Wildman–Crippen MR) is 60.9 cm³/mol. The molecule has 1 rings (SSSR count). The van der Waals surface area contributed by atoms with Crippen molar-refractivity contribution in [3.05, 3.63) is 41.7 Å². The van der Waals surface area contributed by atoms with Crippen LogP contribution < -0.4 is 16.3 Å². The molecule has 0 amide bonds. The number of hydrazine groups is 1. The van der Waals surface area contributed by atoms with Gasteiger partial charge in [0.1, 0.15) is 12.4 Å². The van der Waals surface area contributed by atoms with Crippen LogP contribution in [0, 0.1) is 11.3 Å². The minimum Gasteiger partial charge on any atom is -0.487 e. The van der Waals surface area contributed by atoms with Crippen LogP contribution in [0.5, 0.6) is 5.75 Å². The summed E-state index contributed by atoms with van der Waals surface area (Å²) in [4.78, 5) is 0. The number of nitriles is 1. The fourth-order valence-electron chi connectivity index (χ4n) is 1.09. The van der Waals surface area contributed by atoms with Crippen LogP contribution in [0.3, 0.4) is 0 Å². The van der Waals surface area contributed by atoms with E-state index < -0.39 is 0 Å². The van der Waals surface area contributed by atoms with Crippen LogP contribution in [0.4, 0.5) is 0 Å². The third kappa shape index (κ3) is 3.90. The molecule has 0 aliphatic carbocycles. The quantitative estimate of drug-likeness (QED) is 0.569. The summed E-state index contributed by atoms with van der Waals surface area (Å²) < 4.78 is 5.38. The molecule has 0 unspecified atom stereocenters. The molecule has 0 saturated heterocycles. The van der Waals surface area contributed by atoms with Crippen LogP contribution in [-0.4, -0.2) is 18.7 Å². The van der Waals surface area contributed by atoms with Gasteiger partial charge >= 0.3 is 0 Å². The predicted octanol–water partition coefficient (Wildman–Crippen LogP) is 0.543. The topological polar surface area (TPSA) is 88.3 Å². The lowest BCUT2D eigenvalue weighted by atomic mass is 10.2. The minimum atomic E-state index is 0.257. The highest BCUT2D eigenvalue weighted by Crippen LogP contribution is 2.11. The first-order valence-corrected chi connectivity index (χ1v) is 4.68. The van der Waals surface area contributed by atoms with Gasteiger partial charge in [0.25, 0.3) is 0 Å². The standard InChI is InChI=1S/C11H14N4O/c1-15(14)7-10(13)8-16-11-4-2-9(6-12)3-5-11/h2-5,7H,8,13-14H2,1H3/b10-7-. The van der Waals surface area contributed by atoms with Gasteiger partial charge in [-0.15, -0.1) is 0 Å². The number of nitrogens with two attached hydrogens (primary N) is 2. The lowest BCUT2D eigenvalue weighted by molar-refractivity contribution is 0.345. The first-order valence-electron chi connectivity index (χ1n) is 4.68. The third-order valence-electron chi connectivity index (χ3n) is 1.76. The first kappa shape index (κ1) is 11.9. The monoisotopic (exact) mass is 218 g/mol. The van der Waals surface area contributed by atoms with Crippen molar-refractivity contribution >= 4 is 0 Å². The van der Waals surface area contributed by atoms with Crippen molar-refractivity contribution in [1.29, 1.82) is 5.26 Å². The van der Waals surface area contributed by atoms with Crippen molar-refractivity contribution in [3.63, 3.8) is 0 Å². The number of benzene rings is 1. The second-order valence-electron chi connectivity index (χ2n) is 3.29. The number of ether oxygens (including phenoxy) is 1. The number of nitrogens with zero attached hydrogens (tertiary/aromatic N) is 2. The molecule has 4 N–H and O–H groups in total. The van der Waals surface area contributed by atoms with Gasteiger partial charge in [-0.25, -0.2) is 5.84 Å². The second-order valence-corrected chi connectivity index (χ2v) is 3.29. The van der Waals surface area contributed by atoms with E-state index in [1.807, 2.05) is 6.07 Å². The molecule has 0 heterocycles. The smallest absolute Gasteiger partial charge is 0.129 e. The zero-order chi connectivity index (χ0) is 12.0. The molecule has 0 radical (unpaired) electrons. The van der Waals surface area contributed by atoms with Crippen molar-refractivity contribution in [2.75, 3.05) is 13.7 Å². The van der Waals surface area contributed by atoms with Gasteiger partial charge in [-0.05, 0) is 24.3 Å². The normalized spacial score (nSPS) is 10.7. The lowest BCUT2D eigenvalue weighted by Gasteiger charge is -2.09. The second kappa shape index (κ2) is 5.63. The van der Waals surface area contributed by atoms with Crippen LogP contribution in [-0.2, 0) is 0 Å². The van der Waals surface area contributed by atoms with E-state index >= 15 is 0 Å². The van der Waals surface area contributed by atoms with Crippen molar-refractivity contribution < 1.29 is 4.74 Å². The van der Waals surface area contributed by atoms with E-state index in [9.17, 15) is 0 Å². The van der Waals surface area contributed by atoms with Crippen LogP contribution in [0.25, 0.3) is 0 Å². The van der Waals surface area contributed by atoms with E-state index in [1.165, 1.54) is 5.01 Å². The van der Waals surface area contributed by atoms with Crippen molar-refractivity contribution in [1.82, 2.24) is 5.01 Å². The fraction of sp³-hybridized carbons (Fsp3) is 0.182. The first-order chi connectivity index (χ1) is 7.61. The molecule has 84 valence electrons. The third-order valence-corrected chi connectivity index (χ3v) is 1.76. The van der Waals surface area contributed by atoms with Crippen molar-refractivity contribution in [3.8, 4) is 11.8 Å². The zero-order valence-electron chi connectivity index (χ0n) is 9.05. The maximum absolute atomic E-state index is 8.61. The Kier molecular flexibility index (Phi) is 4.18. The Bertz CT molecular complexity index is 403. The molecular formula is C11H14N4O. The summed E-state index contributed by atoms with van der Waals surface area (Å²) in [7, 11) is 1.68. The van der Waals surface area contributed by atoms with Gasteiger partial charge in [0.05, 0.1) is 17.3 Å². The van der Waals surface area contributed by atoms with Gasteiger partial charge < -0.3 is 15.5 Å². The van der Waals surface area contributed by atoms with E-state index in [-0.39, 0.29) is 6.61 Å². The number of rotatable bonds is 4. The molecule has 0 atom stereocenters. The largest absolute Gasteiger partial charge is 0.487 e. The molecule has 0 fully saturated rings. The summed E-state index contributed by atoms with van der Waals surface area (Å²) in [5, 5.41) is 9.97. The summed E-state index contributed by atoms with van der Waals surface area (Å²) in [6.45, 7) is 0.257. The Labute approximate surface area is 94.5 Å². The van der Waals surface area contributed by atoms with Gasteiger partial charge in [-0.1, -0.05) is 0 Å². The van der Waals surface area contributed by atoms with Crippen LogP contribution in [0.15, 0.2) is 36.2 Å². The molecule has 16 heavy (non-hydrogen) atoms. The van der Waals surface area contributed by atoms with E-state index in [2.05, 4.69) is 0 Å². The Morgan fingerprint density at radius 1 is 1.50 bits per heavy atom. The van der Waals surface area contributed by atoms with Gasteiger partial charge in [-0.3, -0.25) is 0 Å². The highest BCUT2D eigenvalue weighted by Gasteiger charge is 1.96. The van der Waals surface area contributed by atoms with Crippen LogP contribution >= 0.6 is 0 Å². The van der Waals surface area contributed by atoms with E-state index in [0.29, 0.717) is 17.0 Å². The van der Waals surface area contributed by atoms with E-state index in [4.69, 9.17) is 21.6 Å². The Balaban J connectivity index is 2.52. The molecule has 0 bridgehead atoms. The Morgan fingerprint density at radius 2 is 2.12 bits per heavy atom. The number of hydrogen-bond acceptors (Lipinski definition) is 5. The summed E-state index contributed by atoms with van der Waals surface area (Å²) in [5.41, 5.74) is 6.76. The highest BCUT2D eigenvalue weighted by molar-refractivity contribution is 5.34.